The van der Waals surface area contributed by atoms with Gasteiger partial charge in [0.25, 0.3) is 0 Å². The zero-order valence-electron chi connectivity index (χ0n) is 11.0. The van der Waals surface area contributed by atoms with Crippen molar-refractivity contribution in [2.45, 2.75) is 11.3 Å². The maximum absolute atomic E-state index is 11.5. The van der Waals surface area contributed by atoms with Gasteiger partial charge in [0.1, 0.15) is 0 Å². The average Bonchev–Trinajstić information content (AvgIpc) is 2.36. The summed E-state index contributed by atoms with van der Waals surface area (Å²) in [5.41, 5.74) is 1.08. The topological polar surface area (TPSA) is 49.4 Å². The Kier molecular flexibility index (Phi) is 4.84. The third-order valence-corrected chi connectivity index (χ3v) is 4.90. The van der Waals surface area contributed by atoms with Gasteiger partial charge in [-0.2, -0.15) is 0 Å². The van der Waals surface area contributed by atoms with Crippen molar-refractivity contribution < 1.29 is 8.42 Å². The minimum atomic E-state index is -3.24. The minimum Gasteiger partial charge on any atom is -0.314 e. The Balaban J connectivity index is 2.00. The lowest BCUT2D eigenvalue weighted by Gasteiger charge is -2.27. The summed E-state index contributed by atoms with van der Waals surface area (Å²) >= 11 is 6.03. The molecule has 0 atom stereocenters. The van der Waals surface area contributed by atoms with Crippen molar-refractivity contribution in [3.05, 3.63) is 28.8 Å². The number of nitrogens with zero attached hydrogens (tertiary/aromatic N) is 1. The van der Waals surface area contributed by atoms with Crippen LogP contribution in [0, 0.1) is 0 Å². The maximum Gasteiger partial charge on any atom is 0.176 e. The van der Waals surface area contributed by atoms with Crippen molar-refractivity contribution in [2.75, 3.05) is 39.0 Å². The smallest absolute Gasteiger partial charge is 0.176 e. The van der Waals surface area contributed by atoms with Crippen LogP contribution in [0.25, 0.3) is 0 Å². The first-order valence-corrected chi connectivity index (χ1v) is 8.65. The minimum absolute atomic E-state index is 0.208. The zero-order valence-corrected chi connectivity index (χ0v) is 12.6. The molecule has 1 aromatic rings. The molecule has 0 aromatic heterocycles. The monoisotopic (exact) mass is 302 g/mol. The Morgan fingerprint density at radius 1 is 1.32 bits per heavy atom. The summed E-state index contributed by atoms with van der Waals surface area (Å²) < 4.78 is 22.9. The lowest BCUT2D eigenvalue weighted by Crippen LogP contribution is -2.44. The second kappa shape index (κ2) is 6.22. The van der Waals surface area contributed by atoms with Crippen molar-refractivity contribution in [2.24, 2.45) is 0 Å². The highest BCUT2D eigenvalue weighted by atomic mass is 35.5. The van der Waals surface area contributed by atoms with E-state index in [1.807, 2.05) is 6.07 Å². The summed E-state index contributed by atoms with van der Waals surface area (Å²) in [5, 5.41) is 3.64. The Labute approximate surface area is 119 Å². The van der Waals surface area contributed by atoms with E-state index < -0.39 is 9.84 Å². The summed E-state index contributed by atoms with van der Waals surface area (Å²) in [6, 6.07) is 5.22. The van der Waals surface area contributed by atoms with E-state index in [2.05, 4.69) is 10.2 Å². The summed E-state index contributed by atoms with van der Waals surface area (Å²) in [4.78, 5) is 2.61. The molecule has 0 bridgehead atoms. The molecule has 0 aliphatic carbocycles. The SMILES string of the molecule is CS(=O)(=O)c1ccc(CCN2CCNCC2)cc1Cl. The molecule has 0 radical (unpaired) electrons. The van der Waals surface area contributed by atoms with Crippen LogP contribution in [-0.4, -0.2) is 52.3 Å². The normalized spacial score (nSPS) is 17.6. The third kappa shape index (κ3) is 4.18. The molecule has 0 saturated carbocycles. The Morgan fingerprint density at radius 3 is 2.58 bits per heavy atom. The Bertz CT molecular complexity index is 540. The van der Waals surface area contributed by atoms with Crippen LogP contribution in [0.1, 0.15) is 5.56 Å². The third-order valence-electron chi connectivity index (χ3n) is 3.32. The number of halogens is 1. The quantitative estimate of drug-likeness (QED) is 0.908. The van der Waals surface area contributed by atoms with Crippen LogP contribution >= 0.6 is 11.6 Å². The number of nitrogens with one attached hydrogen (secondary N) is 1. The van der Waals surface area contributed by atoms with Crippen molar-refractivity contribution in [1.82, 2.24) is 10.2 Å². The molecule has 1 aliphatic rings. The summed E-state index contributed by atoms with van der Waals surface area (Å²) in [7, 11) is -3.24. The maximum atomic E-state index is 11.5. The molecule has 19 heavy (non-hydrogen) atoms. The molecule has 1 saturated heterocycles. The van der Waals surface area contributed by atoms with E-state index in [4.69, 9.17) is 11.6 Å². The van der Waals surface area contributed by atoms with Crippen LogP contribution < -0.4 is 5.32 Å². The Morgan fingerprint density at radius 2 is 2.00 bits per heavy atom. The number of hydrogen-bond acceptors (Lipinski definition) is 4. The van der Waals surface area contributed by atoms with Gasteiger partial charge in [-0.05, 0) is 24.1 Å². The number of sulfone groups is 1. The fourth-order valence-corrected chi connectivity index (χ4v) is 3.57. The van der Waals surface area contributed by atoms with Crippen molar-refractivity contribution in [3.8, 4) is 0 Å². The first-order chi connectivity index (χ1) is 8.97. The molecular formula is C13H19ClN2O2S. The van der Waals surface area contributed by atoms with Crippen molar-refractivity contribution in [3.63, 3.8) is 0 Å². The molecule has 0 amide bonds. The molecule has 6 heteroatoms. The van der Waals surface area contributed by atoms with Gasteiger partial charge in [0, 0.05) is 39.0 Å². The van der Waals surface area contributed by atoms with Gasteiger partial charge in [0.2, 0.25) is 0 Å². The molecule has 1 heterocycles. The molecule has 1 aliphatic heterocycles. The number of piperazine rings is 1. The van der Waals surface area contributed by atoms with Crippen LogP contribution in [0.5, 0.6) is 0 Å². The fourth-order valence-electron chi connectivity index (χ4n) is 2.22. The van der Waals surface area contributed by atoms with Crippen LogP contribution in [0.15, 0.2) is 23.1 Å². The second-order valence-corrected chi connectivity index (χ2v) is 7.27. The van der Waals surface area contributed by atoms with E-state index in [1.54, 1.807) is 12.1 Å². The summed E-state index contributed by atoms with van der Waals surface area (Å²) in [5.74, 6) is 0. The second-order valence-electron chi connectivity index (χ2n) is 4.88. The molecule has 0 spiro atoms. The molecule has 1 fully saturated rings. The van der Waals surface area contributed by atoms with Crippen LogP contribution in [-0.2, 0) is 16.3 Å². The van der Waals surface area contributed by atoms with Gasteiger partial charge in [-0.3, -0.25) is 0 Å². The van der Waals surface area contributed by atoms with Crippen LogP contribution in [0.2, 0.25) is 5.02 Å². The van der Waals surface area contributed by atoms with Crippen LogP contribution in [0.3, 0.4) is 0 Å². The molecule has 2 rings (SSSR count). The highest BCUT2D eigenvalue weighted by Gasteiger charge is 2.13. The standard InChI is InChI=1S/C13H19ClN2O2S/c1-19(17,18)13-3-2-11(10-12(13)14)4-7-16-8-5-15-6-9-16/h2-3,10,15H,4-9H2,1H3. The van der Waals surface area contributed by atoms with Gasteiger partial charge < -0.3 is 10.2 Å². The first-order valence-electron chi connectivity index (χ1n) is 6.38. The predicted octanol–water partition coefficient (Wildman–Crippen LogP) is 1.19. The van der Waals surface area contributed by atoms with E-state index in [1.165, 1.54) is 6.26 Å². The van der Waals surface area contributed by atoms with E-state index >= 15 is 0 Å². The molecule has 1 aromatic carbocycles. The lowest BCUT2D eigenvalue weighted by atomic mass is 10.1. The molecule has 106 valence electrons. The lowest BCUT2D eigenvalue weighted by molar-refractivity contribution is 0.244. The van der Waals surface area contributed by atoms with Gasteiger partial charge in [-0.15, -0.1) is 0 Å². The summed E-state index contributed by atoms with van der Waals surface area (Å²) in [6.07, 6.45) is 2.07. The van der Waals surface area contributed by atoms with Gasteiger partial charge in [-0.25, -0.2) is 8.42 Å². The highest BCUT2D eigenvalue weighted by Crippen LogP contribution is 2.22. The van der Waals surface area contributed by atoms with Crippen molar-refractivity contribution in [1.29, 1.82) is 0 Å². The number of hydrogen-bond donors (Lipinski definition) is 1. The molecular weight excluding hydrogens is 284 g/mol. The van der Waals surface area contributed by atoms with E-state index in [0.717, 1.165) is 44.7 Å². The predicted molar refractivity (Wildman–Crippen MR) is 77.6 cm³/mol. The molecule has 0 unspecified atom stereocenters. The molecule has 1 N–H and O–H groups in total. The van der Waals surface area contributed by atoms with Crippen molar-refractivity contribution >= 4 is 21.4 Å². The van der Waals surface area contributed by atoms with Gasteiger partial charge in [0.15, 0.2) is 9.84 Å². The zero-order chi connectivity index (χ0) is 13.9. The average molecular weight is 303 g/mol. The van der Waals surface area contributed by atoms with E-state index in [9.17, 15) is 8.42 Å². The largest absolute Gasteiger partial charge is 0.314 e. The van der Waals surface area contributed by atoms with Gasteiger partial charge in [0.05, 0.1) is 9.92 Å². The molecule has 4 nitrogen and oxygen atoms in total. The summed E-state index contributed by atoms with van der Waals surface area (Å²) in [6.45, 7) is 5.18. The van der Waals surface area contributed by atoms with E-state index in [0.29, 0.717) is 5.02 Å². The van der Waals surface area contributed by atoms with Gasteiger partial charge in [-0.1, -0.05) is 17.7 Å². The Hall–Kier alpha value is -0.620. The number of benzene rings is 1. The number of rotatable bonds is 4. The highest BCUT2D eigenvalue weighted by molar-refractivity contribution is 7.90. The van der Waals surface area contributed by atoms with Gasteiger partial charge >= 0.3 is 0 Å². The first kappa shape index (κ1) is 14.8. The van der Waals surface area contributed by atoms with E-state index in [-0.39, 0.29) is 4.90 Å². The van der Waals surface area contributed by atoms with Crippen LogP contribution in [0.4, 0.5) is 0 Å². The fraction of sp³-hybridized carbons (Fsp3) is 0.538.